The summed E-state index contributed by atoms with van der Waals surface area (Å²) in [5.74, 6) is 0.416. The number of hydrogen-bond acceptors (Lipinski definition) is 5. The summed E-state index contributed by atoms with van der Waals surface area (Å²) in [5.41, 5.74) is 0.317. The highest BCUT2D eigenvalue weighted by Crippen LogP contribution is 2.02. The van der Waals surface area contributed by atoms with E-state index in [-0.39, 0.29) is 12.0 Å². The molecule has 0 aromatic carbocycles. The Labute approximate surface area is 101 Å². The highest BCUT2D eigenvalue weighted by molar-refractivity contribution is 5.92. The predicted molar refractivity (Wildman–Crippen MR) is 65.0 cm³/mol. The SMILES string of the molecule is CCNC(=O)c1ccc(NCC(C)OC)nn1. The van der Waals surface area contributed by atoms with Crippen molar-refractivity contribution in [1.29, 1.82) is 0 Å². The molecule has 2 N–H and O–H groups in total. The van der Waals surface area contributed by atoms with Crippen LogP contribution in [-0.4, -0.2) is 42.4 Å². The van der Waals surface area contributed by atoms with E-state index < -0.39 is 0 Å². The molecule has 1 amide bonds. The smallest absolute Gasteiger partial charge is 0.271 e. The Morgan fingerprint density at radius 3 is 2.76 bits per heavy atom. The molecule has 0 bridgehead atoms. The number of aromatic nitrogens is 2. The molecule has 0 fully saturated rings. The minimum atomic E-state index is -0.211. The van der Waals surface area contributed by atoms with Gasteiger partial charge in [-0.05, 0) is 26.0 Å². The number of carbonyl (C=O) groups excluding carboxylic acids is 1. The second-order valence-electron chi connectivity index (χ2n) is 3.59. The zero-order chi connectivity index (χ0) is 12.7. The Hall–Kier alpha value is -1.69. The highest BCUT2D eigenvalue weighted by Gasteiger charge is 2.06. The van der Waals surface area contributed by atoms with E-state index in [0.29, 0.717) is 24.6 Å². The van der Waals surface area contributed by atoms with Crippen LogP contribution in [0.15, 0.2) is 12.1 Å². The fraction of sp³-hybridized carbons (Fsp3) is 0.545. The molecule has 0 aliphatic heterocycles. The number of nitrogens with zero attached hydrogens (tertiary/aromatic N) is 2. The first kappa shape index (κ1) is 13.4. The van der Waals surface area contributed by atoms with Crippen LogP contribution >= 0.6 is 0 Å². The molecule has 94 valence electrons. The lowest BCUT2D eigenvalue weighted by Gasteiger charge is -2.10. The second kappa shape index (κ2) is 6.80. The van der Waals surface area contributed by atoms with Crippen LogP contribution in [0.5, 0.6) is 0 Å². The van der Waals surface area contributed by atoms with E-state index in [4.69, 9.17) is 4.74 Å². The van der Waals surface area contributed by atoms with Crippen molar-refractivity contribution in [2.75, 3.05) is 25.5 Å². The van der Waals surface area contributed by atoms with Crippen molar-refractivity contribution in [3.8, 4) is 0 Å². The maximum atomic E-state index is 11.4. The number of ether oxygens (including phenoxy) is 1. The zero-order valence-corrected chi connectivity index (χ0v) is 10.4. The topological polar surface area (TPSA) is 76.1 Å². The average molecular weight is 238 g/mol. The molecule has 6 heteroatoms. The van der Waals surface area contributed by atoms with E-state index in [1.54, 1.807) is 19.2 Å². The molecule has 1 unspecified atom stereocenters. The molecule has 0 saturated carbocycles. The molecule has 1 aromatic heterocycles. The minimum Gasteiger partial charge on any atom is -0.380 e. The van der Waals surface area contributed by atoms with Gasteiger partial charge in [0, 0.05) is 20.2 Å². The van der Waals surface area contributed by atoms with Gasteiger partial charge in [-0.15, -0.1) is 10.2 Å². The molecule has 17 heavy (non-hydrogen) atoms. The van der Waals surface area contributed by atoms with Gasteiger partial charge >= 0.3 is 0 Å². The summed E-state index contributed by atoms with van der Waals surface area (Å²) in [6.07, 6.45) is 0.0971. The van der Waals surface area contributed by atoms with Crippen molar-refractivity contribution >= 4 is 11.7 Å². The number of anilines is 1. The summed E-state index contributed by atoms with van der Waals surface area (Å²) in [6.45, 7) is 5.02. The largest absolute Gasteiger partial charge is 0.380 e. The number of carbonyl (C=O) groups is 1. The quantitative estimate of drug-likeness (QED) is 0.762. The summed E-state index contributed by atoms with van der Waals surface area (Å²) in [4.78, 5) is 11.4. The first-order valence-corrected chi connectivity index (χ1v) is 5.56. The van der Waals surface area contributed by atoms with Crippen LogP contribution in [0.3, 0.4) is 0 Å². The van der Waals surface area contributed by atoms with E-state index in [2.05, 4.69) is 20.8 Å². The van der Waals surface area contributed by atoms with Crippen LogP contribution < -0.4 is 10.6 Å². The van der Waals surface area contributed by atoms with Crippen molar-refractivity contribution in [1.82, 2.24) is 15.5 Å². The number of amides is 1. The molecule has 1 rings (SSSR count). The normalized spacial score (nSPS) is 11.9. The van der Waals surface area contributed by atoms with E-state index in [1.807, 2.05) is 13.8 Å². The summed E-state index contributed by atoms with van der Waals surface area (Å²) in [5, 5.41) is 13.5. The van der Waals surface area contributed by atoms with Gasteiger partial charge < -0.3 is 15.4 Å². The molecule has 1 atom stereocenters. The third-order valence-electron chi connectivity index (χ3n) is 2.21. The lowest BCUT2D eigenvalue weighted by molar-refractivity contribution is 0.0950. The van der Waals surface area contributed by atoms with Gasteiger partial charge in [0.05, 0.1) is 6.10 Å². The molecule has 0 spiro atoms. The summed E-state index contributed by atoms with van der Waals surface area (Å²) < 4.78 is 5.09. The first-order valence-electron chi connectivity index (χ1n) is 5.56. The van der Waals surface area contributed by atoms with Crippen LogP contribution in [0.25, 0.3) is 0 Å². The monoisotopic (exact) mass is 238 g/mol. The van der Waals surface area contributed by atoms with Crippen molar-refractivity contribution < 1.29 is 9.53 Å². The van der Waals surface area contributed by atoms with Crippen LogP contribution in [0.2, 0.25) is 0 Å². The van der Waals surface area contributed by atoms with Crippen LogP contribution in [0.4, 0.5) is 5.82 Å². The van der Waals surface area contributed by atoms with Gasteiger partial charge in [0.25, 0.3) is 5.91 Å². The average Bonchev–Trinajstić information content (AvgIpc) is 2.36. The first-order chi connectivity index (χ1) is 8.17. The molecular weight excluding hydrogens is 220 g/mol. The molecular formula is C11H18N4O2. The van der Waals surface area contributed by atoms with Gasteiger partial charge in [0.15, 0.2) is 5.69 Å². The second-order valence-corrected chi connectivity index (χ2v) is 3.59. The molecule has 1 aromatic rings. The number of hydrogen-bond donors (Lipinski definition) is 2. The van der Waals surface area contributed by atoms with Crippen molar-refractivity contribution in [2.24, 2.45) is 0 Å². The fourth-order valence-electron chi connectivity index (χ4n) is 1.13. The van der Waals surface area contributed by atoms with Crippen LogP contribution in [0, 0.1) is 0 Å². The summed E-state index contributed by atoms with van der Waals surface area (Å²) in [6, 6.07) is 3.36. The maximum absolute atomic E-state index is 11.4. The third-order valence-corrected chi connectivity index (χ3v) is 2.21. The lowest BCUT2D eigenvalue weighted by atomic mass is 10.3. The third kappa shape index (κ3) is 4.36. The van der Waals surface area contributed by atoms with Gasteiger partial charge in [-0.1, -0.05) is 0 Å². The van der Waals surface area contributed by atoms with Gasteiger partial charge in [-0.3, -0.25) is 4.79 Å². The van der Waals surface area contributed by atoms with Crippen molar-refractivity contribution in [2.45, 2.75) is 20.0 Å². The van der Waals surface area contributed by atoms with Gasteiger partial charge in [0.2, 0.25) is 0 Å². The Morgan fingerprint density at radius 2 is 2.24 bits per heavy atom. The molecule has 0 aliphatic carbocycles. The highest BCUT2D eigenvalue weighted by atomic mass is 16.5. The Morgan fingerprint density at radius 1 is 1.47 bits per heavy atom. The molecule has 0 radical (unpaired) electrons. The van der Waals surface area contributed by atoms with Gasteiger partial charge in [-0.25, -0.2) is 0 Å². The minimum absolute atomic E-state index is 0.0971. The van der Waals surface area contributed by atoms with Crippen LogP contribution in [-0.2, 0) is 4.74 Å². The van der Waals surface area contributed by atoms with E-state index in [1.165, 1.54) is 0 Å². The fourth-order valence-corrected chi connectivity index (χ4v) is 1.13. The number of rotatable bonds is 6. The van der Waals surface area contributed by atoms with Crippen molar-refractivity contribution in [3.63, 3.8) is 0 Å². The Bertz CT molecular complexity index is 353. The van der Waals surface area contributed by atoms with E-state index in [9.17, 15) is 4.79 Å². The number of nitrogens with one attached hydrogen (secondary N) is 2. The zero-order valence-electron chi connectivity index (χ0n) is 10.4. The summed E-state index contributed by atoms with van der Waals surface area (Å²) in [7, 11) is 1.65. The standard InChI is InChI=1S/C11H18N4O2/c1-4-12-11(16)9-5-6-10(15-14-9)13-7-8(2)17-3/h5-6,8H,4,7H2,1-3H3,(H,12,16)(H,13,15). The lowest BCUT2D eigenvalue weighted by Crippen LogP contribution is -2.24. The van der Waals surface area contributed by atoms with Crippen LogP contribution in [0.1, 0.15) is 24.3 Å². The molecule has 0 saturated heterocycles. The van der Waals surface area contributed by atoms with E-state index >= 15 is 0 Å². The Kier molecular flexibility index (Phi) is 5.35. The summed E-state index contributed by atoms with van der Waals surface area (Å²) >= 11 is 0. The van der Waals surface area contributed by atoms with Gasteiger partial charge in [-0.2, -0.15) is 0 Å². The van der Waals surface area contributed by atoms with Gasteiger partial charge in [0.1, 0.15) is 5.82 Å². The predicted octanol–water partition coefficient (Wildman–Crippen LogP) is 0.673. The molecule has 6 nitrogen and oxygen atoms in total. The van der Waals surface area contributed by atoms with E-state index in [0.717, 1.165) is 0 Å². The Balaban J connectivity index is 2.53. The molecule has 0 aliphatic rings. The number of methoxy groups -OCH3 is 1. The van der Waals surface area contributed by atoms with Crippen molar-refractivity contribution in [3.05, 3.63) is 17.8 Å². The molecule has 1 heterocycles. The maximum Gasteiger partial charge on any atom is 0.271 e.